The van der Waals surface area contributed by atoms with Gasteiger partial charge in [0.1, 0.15) is 5.82 Å². The molecular weight excluding hydrogens is 320 g/mol. The van der Waals surface area contributed by atoms with Gasteiger partial charge in [-0.25, -0.2) is 0 Å². The predicted octanol–water partition coefficient (Wildman–Crippen LogP) is 0.773. The van der Waals surface area contributed by atoms with Crippen molar-refractivity contribution in [3.63, 3.8) is 0 Å². The number of aromatic nitrogens is 3. The molecule has 0 spiro atoms. The number of hydrogen-bond acceptors (Lipinski definition) is 5. The van der Waals surface area contributed by atoms with Crippen molar-refractivity contribution in [2.75, 3.05) is 18.8 Å². The van der Waals surface area contributed by atoms with E-state index in [-0.39, 0.29) is 29.7 Å². The van der Waals surface area contributed by atoms with Crippen LogP contribution in [0.2, 0.25) is 0 Å². The summed E-state index contributed by atoms with van der Waals surface area (Å²) in [6, 6.07) is 7.39. The number of rotatable bonds is 6. The van der Waals surface area contributed by atoms with E-state index >= 15 is 0 Å². The van der Waals surface area contributed by atoms with Crippen molar-refractivity contribution >= 4 is 17.8 Å². The molecule has 2 aromatic rings. The molecule has 134 valence electrons. The number of amides is 2. The quantitative estimate of drug-likeness (QED) is 0.616. The van der Waals surface area contributed by atoms with E-state index < -0.39 is 0 Å². The van der Waals surface area contributed by atoms with E-state index in [0.717, 1.165) is 5.56 Å². The van der Waals surface area contributed by atoms with Gasteiger partial charge < -0.3 is 16.4 Å². The Kier molecular flexibility index (Phi) is 5.74. The molecule has 0 radical (unpaired) electrons. The van der Waals surface area contributed by atoms with Crippen LogP contribution in [0.25, 0.3) is 0 Å². The van der Waals surface area contributed by atoms with Crippen LogP contribution >= 0.6 is 0 Å². The Hall–Kier alpha value is -2.90. The number of nitrogens with one attached hydrogen (secondary N) is 3. The fourth-order valence-electron chi connectivity index (χ4n) is 2.19. The van der Waals surface area contributed by atoms with Gasteiger partial charge in [-0.1, -0.05) is 32.9 Å². The summed E-state index contributed by atoms with van der Waals surface area (Å²) in [7, 11) is 0. The molecule has 0 fully saturated rings. The highest BCUT2D eigenvalue weighted by Crippen LogP contribution is 2.22. The number of carbonyl (C=O) groups excluding carboxylic acids is 2. The maximum absolute atomic E-state index is 12.1. The SMILES string of the molecule is CC(C)(C)c1ccc(C(=O)NCC(=O)NCCc2nc(N)n[nH]2)cc1. The molecule has 0 aliphatic carbocycles. The van der Waals surface area contributed by atoms with Gasteiger partial charge in [0.2, 0.25) is 11.9 Å². The number of nitrogens with zero attached hydrogens (tertiary/aromatic N) is 2. The number of H-pyrrole nitrogens is 1. The minimum atomic E-state index is -0.279. The molecule has 1 aromatic carbocycles. The lowest BCUT2D eigenvalue weighted by Crippen LogP contribution is -2.37. The zero-order chi connectivity index (χ0) is 18.4. The molecule has 0 saturated heterocycles. The second kappa shape index (κ2) is 7.78. The molecule has 2 rings (SSSR count). The van der Waals surface area contributed by atoms with Gasteiger partial charge >= 0.3 is 0 Å². The monoisotopic (exact) mass is 344 g/mol. The summed E-state index contributed by atoms with van der Waals surface area (Å²) in [6.45, 7) is 6.63. The Balaban J connectivity index is 1.74. The zero-order valence-corrected chi connectivity index (χ0v) is 14.7. The van der Waals surface area contributed by atoms with Gasteiger partial charge in [0.25, 0.3) is 5.91 Å². The second-order valence-corrected chi connectivity index (χ2v) is 6.75. The van der Waals surface area contributed by atoms with Crippen LogP contribution in [0, 0.1) is 0 Å². The molecule has 2 amide bonds. The summed E-state index contributed by atoms with van der Waals surface area (Å²) in [5.41, 5.74) is 7.10. The molecule has 0 bridgehead atoms. The normalized spacial score (nSPS) is 11.2. The van der Waals surface area contributed by atoms with Crippen LogP contribution in [0.1, 0.15) is 42.5 Å². The molecule has 1 heterocycles. The number of nitrogens with two attached hydrogens (primary N) is 1. The highest BCUT2D eigenvalue weighted by atomic mass is 16.2. The minimum Gasteiger partial charge on any atom is -0.367 e. The first-order valence-electron chi connectivity index (χ1n) is 8.08. The fourth-order valence-corrected chi connectivity index (χ4v) is 2.19. The lowest BCUT2D eigenvalue weighted by atomic mass is 9.87. The van der Waals surface area contributed by atoms with Crippen LogP contribution in [-0.2, 0) is 16.6 Å². The highest BCUT2D eigenvalue weighted by molar-refractivity contribution is 5.96. The van der Waals surface area contributed by atoms with E-state index in [2.05, 4.69) is 46.6 Å². The standard InChI is InChI=1S/C17H24N6O2/c1-17(2,3)12-6-4-11(5-7-12)15(25)20-10-14(24)19-9-8-13-21-16(18)23-22-13/h4-7H,8-10H2,1-3H3,(H,19,24)(H,20,25)(H3,18,21,22,23). The van der Waals surface area contributed by atoms with Crippen LogP contribution in [0.15, 0.2) is 24.3 Å². The van der Waals surface area contributed by atoms with E-state index in [1.165, 1.54) is 0 Å². The van der Waals surface area contributed by atoms with Crippen LogP contribution in [0.5, 0.6) is 0 Å². The third-order valence-corrected chi connectivity index (χ3v) is 3.66. The molecule has 25 heavy (non-hydrogen) atoms. The first-order valence-corrected chi connectivity index (χ1v) is 8.08. The first kappa shape index (κ1) is 18.4. The smallest absolute Gasteiger partial charge is 0.251 e. The molecule has 1 aromatic heterocycles. The molecule has 8 nitrogen and oxygen atoms in total. The van der Waals surface area contributed by atoms with Gasteiger partial charge in [0.05, 0.1) is 6.54 Å². The van der Waals surface area contributed by atoms with Crippen molar-refractivity contribution in [2.45, 2.75) is 32.6 Å². The highest BCUT2D eigenvalue weighted by Gasteiger charge is 2.14. The number of anilines is 1. The van der Waals surface area contributed by atoms with Crippen LogP contribution < -0.4 is 16.4 Å². The molecule has 8 heteroatoms. The van der Waals surface area contributed by atoms with E-state index in [9.17, 15) is 9.59 Å². The number of nitrogen functional groups attached to an aromatic ring is 1. The molecule has 0 aliphatic heterocycles. The largest absolute Gasteiger partial charge is 0.367 e. The Labute approximate surface area is 146 Å². The summed E-state index contributed by atoms with van der Waals surface area (Å²) >= 11 is 0. The van der Waals surface area contributed by atoms with Crippen molar-refractivity contribution in [2.24, 2.45) is 0 Å². The molecule has 0 saturated carbocycles. The number of aromatic amines is 1. The van der Waals surface area contributed by atoms with E-state index in [1.54, 1.807) is 12.1 Å². The maximum atomic E-state index is 12.1. The average molecular weight is 344 g/mol. The molecule has 0 aliphatic rings. The van der Waals surface area contributed by atoms with Crippen molar-refractivity contribution in [3.8, 4) is 0 Å². The maximum Gasteiger partial charge on any atom is 0.251 e. The van der Waals surface area contributed by atoms with Crippen LogP contribution in [0.3, 0.4) is 0 Å². The Morgan fingerprint density at radius 1 is 1.16 bits per heavy atom. The van der Waals surface area contributed by atoms with E-state index in [4.69, 9.17) is 5.73 Å². The summed E-state index contributed by atoms with van der Waals surface area (Å²) in [4.78, 5) is 27.8. The number of hydrogen-bond donors (Lipinski definition) is 4. The van der Waals surface area contributed by atoms with Gasteiger partial charge in [-0.3, -0.25) is 14.7 Å². The number of carbonyl (C=O) groups is 2. The molecule has 0 unspecified atom stereocenters. The Morgan fingerprint density at radius 2 is 1.84 bits per heavy atom. The summed E-state index contributed by atoms with van der Waals surface area (Å²) < 4.78 is 0. The second-order valence-electron chi connectivity index (χ2n) is 6.75. The molecule has 0 atom stereocenters. The third-order valence-electron chi connectivity index (χ3n) is 3.66. The summed E-state index contributed by atoms with van der Waals surface area (Å²) in [6.07, 6.45) is 0.484. The third kappa shape index (κ3) is 5.59. The van der Waals surface area contributed by atoms with Gasteiger partial charge in [-0.2, -0.15) is 4.98 Å². The minimum absolute atomic E-state index is 0.0308. The Morgan fingerprint density at radius 3 is 2.40 bits per heavy atom. The Bertz CT molecular complexity index is 730. The lowest BCUT2D eigenvalue weighted by Gasteiger charge is -2.19. The fraction of sp³-hybridized carbons (Fsp3) is 0.412. The van der Waals surface area contributed by atoms with Crippen molar-refractivity contribution < 1.29 is 9.59 Å². The van der Waals surface area contributed by atoms with E-state index in [0.29, 0.717) is 24.4 Å². The summed E-state index contributed by atoms with van der Waals surface area (Å²) in [5, 5.41) is 11.7. The van der Waals surface area contributed by atoms with Gasteiger partial charge in [0, 0.05) is 18.5 Å². The van der Waals surface area contributed by atoms with Crippen LogP contribution in [0.4, 0.5) is 5.95 Å². The van der Waals surface area contributed by atoms with Gasteiger partial charge in [-0.15, -0.1) is 5.10 Å². The topological polar surface area (TPSA) is 126 Å². The van der Waals surface area contributed by atoms with Crippen molar-refractivity contribution in [1.82, 2.24) is 25.8 Å². The average Bonchev–Trinajstić information content (AvgIpc) is 2.97. The number of benzene rings is 1. The zero-order valence-electron chi connectivity index (χ0n) is 14.7. The first-order chi connectivity index (χ1) is 11.8. The lowest BCUT2D eigenvalue weighted by molar-refractivity contribution is -0.120. The van der Waals surface area contributed by atoms with Crippen LogP contribution in [-0.4, -0.2) is 40.1 Å². The van der Waals surface area contributed by atoms with Crippen molar-refractivity contribution in [1.29, 1.82) is 0 Å². The van der Waals surface area contributed by atoms with E-state index in [1.807, 2.05) is 12.1 Å². The predicted molar refractivity (Wildman–Crippen MR) is 95.0 cm³/mol. The molecular formula is C17H24N6O2. The summed E-state index contributed by atoms with van der Waals surface area (Å²) in [5.74, 6) is 0.220. The van der Waals surface area contributed by atoms with Crippen molar-refractivity contribution in [3.05, 3.63) is 41.2 Å². The van der Waals surface area contributed by atoms with Gasteiger partial charge in [0.15, 0.2) is 0 Å². The van der Waals surface area contributed by atoms with Gasteiger partial charge in [-0.05, 0) is 23.1 Å². The molecule has 5 N–H and O–H groups in total.